The average Bonchev–Trinajstić information content (AvgIpc) is 2.33. The third kappa shape index (κ3) is 3.76. The molecule has 2 aromatic rings. The van der Waals surface area contributed by atoms with E-state index in [-0.39, 0.29) is 23.4 Å². The Morgan fingerprint density at radius 2 is 2.05 bits per heavy atom. The molecule has 0 fully saturated rings. The molecule has 0 radical (unpaired) electrons. The van der Waals surface area contributed by atoms with Gasteiger partial charge in [0.2, 0.25) is 5.95 Å². The minimum atomic E-state index is -0.457. The molecule has 0 saturated heterocycles. The SMILES string of the molecule is COCc1cc(Cl)nc(Nc2cc(Cl)ccc2F)n1. The number of methoxy groups -OCH3 is 1. The number of hydrogen-bond donors (Lipinski definition) is 1. The van der Waals surface area contributed by atoms with E-state index in [1.54, 1.807) is 13.2 Å². The minimum absolute atomic E-state index is 0.179. The summed E-state index contributed by atoms with van der Waals surface area (Å²) in [6, 6.07) is 5.73. The number of aromatic nitrogens is 2. The third-order valence-corrected chi connectivity index (χ3v) is 2.64. The normalized spacial score (nSPS) is 10.5. The van der Waals surface area contributed by atoms with Gasteiger partial charge in [-0.3, -0.25) is 0 Å². The molecule has 0 saturated carbocycles. The Balaban J connectivity index is 2.29. The van der Waals surface area contributed by atoms with Crippen LogP contribution in [-0.2, 0) is 11.3 Å². The summed E-state index contributed by atoms with van der Waals surface area (Å²) in [5, 5.41) is 3.38. The molecule has 0 unspecified atom stereocenters. The van der Waals surface area contributed by atoms with Gasteiger partial charge >= 0.3 is 0 Å². The van der Waals surface area contributed by atoms with Crippen molar-refractivity contribution in [2.24, 2.45) is 0 Å². The molecule has 0 atom stereocenters. The lowest BCUT2D eigenvalue weighted by Gasteiger charge is -2.08. The van der Waals surface area contributed by atoms with Gasteiger partial charge in [-0.05, 0) is 24.3 Å². The van der Waals surface area contributed by atoms with Crippen molar-refractivity contribution in [3.8, 4) is 0 Å². The van der Waals surface area contributed by atoms with Gasteiger partial charge in [-0.2, -0.15) is 0 Å². The van der Waals surface area contributed by atoms with Crippen LogP contribution in [0.15, 0.2) is 24.3 Å². The van der Waals surface area contributed by atoms with Gasteiger partial charge in [0.25, 0.3) is 0 Å². The highest BCUT2D eigenvalue weighted by Gasteiger charge is 2.07. The molecule has 0 bridgehead atoms. The summed E-state index contributed by atoms with van der Waals surface area (Å²) in [7, 11) is 1.54. The van der Waals surface area contributed by atoms with Crippen LogP contribution in [0.3, 0.4) is 0 Å². The molecule has 1 aromatic carbocycles. The van der Waals surface area contributed by atoms with E-state index in [0.717, 1.165) is 0 Å². The first kappa shape index (κ1) is 14.0. The van der Waals surface area contributed by atoms with E-state index in [1.165, 1.54) is 18.2 Å². The van der Waals surface area contributed by atoms with Crippen LogP contribution in [0.25, 0.3) is 0 Å². The fraction of sp³-hybridized carbons (Fsp3) is 0.167. The van der Waals surface area contributed by atoms with Gasteiger partial charge < -0.3 is 10.1 Å². The second-order valence-electron chi connectivity index (χ2n) is 3.69. The molecule has 0 aliphatic heterocycles. The maximum atomic E-state index is 13.6. The summed E-state index contributed by atoms with van der Waals surface area (Å²) in [6.07, 6.45) is 0. The first-order valence-corrected chi connectivity index (χ1v) is 6.08. The molecule has 1 heterocycles. The summed E-state index contributed by atoms with van der Waals surface area (Å²) in [6.45, 7) is 0.287. The van der Waals surface area contributed by atoms with Crippen LogP contribution in [0.2, 0.25) is 10.2 Å². The van der Waals surface area contributed by atoms with E-state index in [9.17, 15) is 4.39 Å². The highest BCUT2D eigenvalue weighted by Crippen LogP contribution is 2.23. The van der Waals surface area contributed by atoms with Crippen molar-refractivity contribution in [1.29, 1.82) is 0 Å². The molecule has 4 nitrogen and oxygen atoms in total. The predicted octanol–water partition coefficient (Wildman–Crippen LogP) is 3.81. The number of hydrogen-bond acceptors (Lipinski definition) is 4. The maximum Gasteiger partial charge on any atom is 0.229 e. The number of ether oxygens (including phenoxy) is 1. The standard InChI is InChI=1S/C12H10Cl2FN3O/c1-19-6-8-5-11(14)18-12(16-8)17-10-4-7(13)2-3-9(10)15/h2-5H,6H2,1H3,(H,16,17,18). The van der Waals surface area contributed by atoms with Crippen molar-refractivity contribution in [2.45, 2.75) is 6.61 Å². The summed E-state index contributed by atoms with van der Waals surface area (Å²) in [5.74, 6) is -0.276. The molecule has 1 N–H and O–H groups in total. The summed E-state index contributed by atoms with van der Waals surface area (Å²) >= 11 is 11.7. The van der Waals surface area contributed by atoms with Crippen molar-refractivity contribution in [3.05, 3.63) is 46.0 Å². The maximum absolute atomic E-state index is 13.6. The molecule has 7 heteroatoms. The Kier molecular flexibility index (Phi) is 4.52. The van der Waals surface area contributed by atoms with E-state index in [2.05, 4.69) is 15.3 Å². The van der Waals surface area contributed by atoms with E-state index in [4.69, 9.17) is 27.9 Å². The van der Waals surface area contributed by atoms with E-state index in [0.29, 0.717) is 10.7 Å². The van der Waals surface area contributed by atoms with Gasteiger partial charge in [-0.1, -0.05) is 23.2 Å². The second-order valence-corrected chi connectivity index (χ2v) is 4.51. The van der Waals surface area contributed by atoms with Gasteiger partial charge in [0.1, 0.15) is 11.0 Å². The molecule has 0 amide bonds. The first-order valence-electron chi connectivity index (χ1n) is 5.33. The van der Waals surface area contributed by atoms with Crippen LogP contribution in [0.4, 0.5) is 16.0 Å². The Hall–Kier alpha value is -1.43. The molecule has 0 aliphatic carbocycles. The molecule has 0 spiro atoms. The molecule has 2 rings (SSSR count). The lowest BCUT2D eigenvalue weighted by molar-refractivity contribution is 0.181. The predicted molar refractivity (Wildman–Crippen MR) is 72.4 cm³/mol. The average molecular weight is 302 g/mol. The monoisotopic (exact) mass is 301 g/mol. The lowest BCUT2D eigenvalue weighted by atomic mass is 10.3. The van der Waals surface area contributed by atoms with E-state index in [1.807, 2.05) is 0 Å². The Morgan fingerprint density at radius 3 is 2.79 bits per heavy atom. The highest BCUT2D eigenvalue weighted by molar-refractivity contribution is 6.31. The van der Waals surface area contributed by atoms with Gasteiger partial charge in [-0.15, -0.1) is 0 Å². The van der Waals surface area contributed by atoms with Crippen molar-refractivity contribution in [2.75, 3.05) is 12.4 Å². The number of nitrogens with zero attached hydrogens (tertiary/aromatic N) is 2. The van der Waals surface area contributed by atoms with Gasteiger partial charge in [0, 0.05) is 12.1 Å². The molecular weight excluding hydrogens is 292 g/mol. The topological polar surface area (TPSA) is 47.0 Å². The number of rotatable bonds is 4. The van der Waals surface area contributed by atoms with E-state index >= 15 is 0 Å². The fourth-order valence-corrected chi connectivity index (χ4v) is 1.83. The lowest BCUT2D eigenvalue weighted by Crippen LogP contribution is -2.02. The van der Waals surface area contributed by atoms with Gasteiger partial charge in [0.15, 0.2) is 0 Å². The third-order valence-electron chi connectivity index (χ3n) is 2.22. The van der Waals surface area contributed by atoms with Gasteiger partial charge in [0.05, 0.1) is 18.0 Å². The zero-order chi connectivity index (χ0) is 13.8. The highest BCUT2D eigenvalue weighted by atomic mass is 35.5. The van der Waals surface area contributed by atoms with Crippen molar-refractivity contribution >= 4 is 34.8 Å². The van der Waals surface area contributed by atoms with Crippen LogP contribution in [0, 0.1) is 5.82 Å². The number of anilines is 2. The van der Waals surface area contributed by atoms with Crippen molar-refractivity contribution in [1.82, 2.24) is 9.97 Å². The first-order chi connectivity index (χ1) is 9.08. The Bertz CT molecular complexity index is 595. The molecular formula is C12H10Cl2FN3O. The molecule has 100 valence electrons. The quantitative estimate of drug-likeness (QED) is 0.872. The molecule has 1 aromatic heterocycles. The summed E-state index contributed by atoms with van der Waals surface area (Å²) in [4.78, 5) is 8.11. The zero-order valence-corrected chi connectivity index (χ0v) is 11.5. The summed E-state index contributed by atoms with van der Waals surface area (Å²) in [5.41, 5.74) is 0.769. The van der Waals surface area contributed by atoms with Crippen LogP contribution in [0.1, 0.15) is 5.69 Å². The van der Waals surface area contributed by atoms with Crippen LogP contribution < -0.4 is 5.32 Å². The zero-order valence-electron chi connectivity index (χ0n) is 9.95. The Labute approximate surface area is 119 Å². The number of benzene rings is 1. The van der Waals surface area contributed by atoms with Crippen LogP contribution in [0.5, 0.6) is 0 Å². The smallest absolute Gasteiger partial charge is 0.229 e. The molecule has 19 heavy (non-hydrogen) atoms. The van der Waals surface area contributed by atoms with Crippen LogP contribution in [-0.4, -0.2) is 17.1 Å². The number of halogens is 3. The summed E-state index contributed by atoms with van der Waals surface area (Å²) < 4.78 is 18.5. The fourth-order valence-electron chi connectivity index (χ4n) is 1.46. The van der Waals surface area contributed by atoms with E-state index < -0.39 is 5.82 Å². The second kappa shape index (κ2) is 6.14. The van der Waals surface area contributed by atoms with Gasteiger partial charge in [-0.25, -0.2) is 14.4 Å². The van der Waals surface area contributed by atoms with Crippen molar-refractivity contribution in [3.63, 3.8) is 0 Å². The van der Waals surface area contributed by atoms with Crippen molar-refractivity contribution < 1.29 is 9.13 Å². The minimum Gasteiger partial charge on any atom is -0.378 e. The number of nitrogens with one attached hydrogen (secondary N) is 1. The molecule has 0 aliphatic rings. The van der Waals surface area contributed by atoms with Crippen LogP contribution >= 0.6 is 23.2 Å². The largest absolute Gasteiger partial charge is 0.378 e. The Morgan fingerprint density at radius 1 is 1.26 bits per heavy atom.